The normalized spacial score (nSPS) is 20.3. The highest BCUT2D eigenvalue weighted by molar-refractivity contribution is 7.79. The second-order valence-electron chi connectivity index (χ2n) is 19.1. The van der Waals surface area contributed by atoms with Crippen molar-refractivity contribution in [1.82, 2.24) is 29.4 Å². The van der Waals surface area contributed by atoms with E-state index in [0.29, 0.717) is 31.4 Å². The van der Waals surface area contributed by atoms with E-state index in [2.05, 4.69) is 31.1 Å². The van der Waals surface area contributed by atoms with Crippen LogP contribution in [0.15, 0.2) is 92.1 Å². The number of fused-ring (bicyclic) bond motifs is 3. The maximum absolute atomic E-state index is 13.6. The van der Waals surface area contributed by atoms with Gasteiger partial charge in [-0.3, -0.25) is 47.4 Å². The minimum absolute atomic E-state index is 0.0160. The number of unbranched alkanes of at least 4 members (excludes halogenated alkanes) is 4. The first kappa shape index (κ1) is 61.3. The zero-order valence-corrected chi connectivity index (χ0v) is 44.8. The number of aryl methyl sites for hydroxylation is 1. The highest BCUT2D eigenvalue weighted by Crippen LogP contribution is 2.53. The molecular formula is C54H67FN6O16S. The molecule has 422 valence electrons. The summed E-state index contributed by atoms with van der Waals surface area (Å²) in [5.41, 5.74) is -0.243. The number of carboxylic acid groups (broad SMARTS) is 1. The fourth-order valence-corrected chi connectivity index (χ4v) is 10.3. The van der Waals surface area contributed by atoms with Gasteiger partial charge in [-0.25, -0.2) is 23.6 Å². The molecule has 8 rings (SSSR count). The van der Waals surface area contributed by atoms with Crippen LogP contribution in [0.2, 0.25) is 0 Å². The van der Waals surface area contributed by atoms with E-state index in [1.807, 2.05) is 45.0 Å². The molecule has 1 saturated heterocycles. The van der Waals surface area contributed by atoms with Gasteiger partial charge in [-0.1, -0.05) is 75.9 Å². The Bertz CT molecular complexity index is 3270. The van der Waals surface area contributed by atoms with Gasteiger partial charge in [-0.2, -0.15) is 8.42 Å². The van der Waals surface area contributed by atoms with Crippen LogP contribution in [0.25, 0.3) is 28.2 Å². The third-order valence-corrected chi connectivity index (χ3v) is 13.6. The molecule has 6 N–H and O–H groups in total. The third-order valence-electron chi connectivity index (χ3n) is 13.6. The average molecular weight is 1110 g/mol. The molecule has 24 heteroatoms. The number of carbonyl (C=O) groups excluding carboxylic acids is 3. The van der Waals surface area contributed by atoms with Gasteiger partial charge in [-0.05, 0) is 112 Å². The number of hydrogen-bond donors (Lipinski definition) is 6. The number of halogens is 1. The van der Waals surface area contributed by atoms with E-state index in [9.17, 15) is 42.7 Å². The Labute approximate surface area is 448 Å². The topological polar surface area (TPSA) is 325 Å². The maximum Gasteiger partial charge on any atom is 0.407 e. The highest BCUT2D eigenvalue weighted by Gasteiger charge is 2.54. The fourth-order valence-electron chi connectivity index (χ4n) is 10.3. The Morgan fingerprint density at radius 1 is 0.885 bits per heavy atom. The molecule has 22 nitrogen and oxygen atoms in total. The zero-order valence-electron chi connectivity index (χ0n) is 44.0. The lowest BCUT2D eigenvalue weighted by Gasteiger charge is -2.47. The zero-order chi connectivity index (χ0) is 57.3. The predicted molar refractivity (Wildman–Crippen MR) is 286 cm³/mol. The molecular weight excluding hydrogens is 1040 g/mol. The summed E-state index contributed by atoms with van der Waals surface area (Å²) in [5, 5.41) is 11.7. The lowest BCUT2D eigenvalue weighted by atomic mass is 9.57. The van der Waals surface area contributed by atoms with Crippen molar-refractivity contribution in [2.75, 3.05) is 6.61 Å². The number of esters is 2. The van der Waals surface area contributed by atoms with Gasteiger partial charge in [0.2, 0.25) is 0 Å². The number of benzene rings is 2. The number of rotatable bonds is 15. The molecule has 0 bridgehead atoms. The van der Waals surface area contributed by atoms with Crippen molar-refractivity contribution in [3.8, 4) is 16.9 Å². The third kappa shape index (κ3) is 17.2. The highest BCUT2D eigenvalue weighted by atomic mass is 32.3. The van der Waals surface area contributed by atoms with Crippen LogP contribution in [0.4, 0.5) is 9.18 Å². The largest absolute Gasteiger partial charge is 0.478 e. The molecule has 5 aromatic rings. The SMILES string of the molecule is CC(=O)Oc1ccccc1C(=O)O.CCCCCn1c(=O)c2[nH]c(=O)[nH]c(=O)c2n(CCCCC)c1=O.CCOC(=O)N[C@@H]1CC[C@@H]2[C@@H](C1)C[C@H]1C(=O)O[C@H](C)[C@H]1[C@H]2/C=C/c1ccc(-c2cccc(F)c2)cn1.O=S(=O)(O)O. The first-order valence-corrected chi connectivity index (χ1v) is 27.2. The Balaban J connectivity index is 0.000000228. The Hall–Kier alpha value is -7.57. The number of pyridine rings is 1. The van der Waals surface area contributed by atoms with Gasteiger partial charge < -0.3 is 29.6 Å². The molecule has 0 spiro atoms. The molecule has 1 amide bonds. The molecule has 3 aromatic heterocycles. The summed E-state index contributed by atoms with van der Waals surface area (Å²) in [4.78, 5) is 104. The van der Waals surface area contributed by atoms with E-state index in [0.717, 1.165) is 79.2 Å². The average Bonchev–Trinajstić information content (AvgIpc) is 3.73. The second kappa shape index (κ2) is 28.7. The van der Waals surface area contributed by atoms with Gasteiger partial charge >= 0.3 is 45.8 Å². The van der Waals surface area contributed by atoms with Gasteiger partial charge in [-0.15, -0.1) is 0 Å². The molecule has 2 saturated carbocycles. The monoisotopic (exact) mass is 1110 g/mol. The van der Waals surface area contributed by atoms with Crippen LogP contribution in [0, 0.1) is 35.4 Å². The van der Waals surface area contributed by atoms with E-state index >= 15 is 0 Å². The smallest absolute Gasteiger partial charge is 0.407 e. The molecule has 0 radical (unpaired) electrons. The van der Waals surface area contributed by atoms with Crippen molar-refractivity contribution in [3.05, 3.63) is 132 Å². The first-order chi connectivity index (χ1) is 37.0. The molecule has 0 unspecified atom stereocenters. The van der Waals surface area contributed by atoms with Crippen LogP contribution in [-0.2, 0) is 42.6 Å². The lowest BCUT2D eigenvalue weighted by molar-refractivity contribution is -0.144. The number of alkyl carbamates (subject to hydrolysis) is 1. The van der Waals surface area contributed by atoms with E-state index in [-0.39, 0.29) is 76.7 Å². The van der Waals surface area contributed by atoms with Gasteiger partial charge in [0, 0.05) is 43.7 Å². The number of carbonyl (C=O) groups is 4. The summed E-state index contributed by atoms with van der Waals surface area (Å²) in [6.45, 7) is 10.1. The van der Waals surface area contributed by atoms with Crippen LogP contribution in [0.3, 0.4) is 0 Å². The number of ether oxygens (including phenoxy) is 3. The number of amides is 1. The number of aromatic carboxylic acids is 1. The number of para-hydroxylation sites is 1. The minimum Gasteiger partial charge on any atom is -0.478 e. The molecule has 2 aliphatic carbocycles. The molecule has 2 aromatic carbocycles. The predicted octanol–water partition coefficient (Wildman–Crippen LogP) is 7.21. The second-order valence-corrected chi connectivity index (χ2v) is 20.0. The fraction of sp³-hybridized carbons (Fsp3) is 0.463. The number of aromatic nitrogens is 5. The standard InChI is InChI=1S/C29H33FN2O4.C16H24N4O4.C9H8O4.H2O4S/c1-3-35-29(34)32-23-10-11-24-20(14-23)15-26-27(17(2)36-28(26)33)25(24)12-9-22-8-7-19(16-31-22)18-5-4-6-21(30)13-18;1-3-5-7-9-19-12-11(17-15(23)18-13(12)21)14(22)20(16(19)24)10-8-6-4-2;1-6(10)13-8-5-3-2-4-7(8)9(11)12;1-5(2,3)4/h4-9,12-13,16-17,20,23-27H,3,10-11,14-15H2,1-2H3,(H,32,34);3-10H2,1-2H3,(H2,17,18,21,23);2-5H,1H3,(H,11,12);(H2,1,2,3,4)/b12-9+;;;/t17-,20+,23-,24-,25+,26-,27+;;;/m1.../s1. The van der Waals surface area contributed by atoms with Crippen LogP contribution in [0.5, 0.6) is 5.75 Å². The van der Waals surface area contributed by atoms with E-state index in [1.165, 1.54) is 35.8 Å². The summed E-state index contributed by atoms with van der Waals surface area (Å²) in [6, 6.07) is 16.4. The number of nitrogens with zero attached hydrogens (tertiary/aromatic N) is 3. The number of carboxylic acids is 1. The van der Waals surface area contributed by atoms with Crippen LogP contribution < -0.4 is 32.6 Å². The molecule has 4 heterocycles. The molecule has 1 aliphatic heterocycles. The summed E-state index contributed by atoms with van der Waals surface area (Å²) in [7, 11) is -4.67. The van der Waals surface area contributed by atoms with Gasteiger partial charge in [0.25, 0.3) is 11.1 Å². The van der Waals surface area contributed by atoms with Crippen molar-refractivity contribution < 1.29 is 60.4 Å². The first-order valence-electron chi connectivity index (χ1n) is 25.8. The quantitative estimate of drug-likeness (QED) is 0.0261. The number of aromatic amines is 2. The van der Waals surface area contributed by atoms with Crippen molar-refractivity contribution in [2.45, 2.75) is 124 Å². The Morgan fingerprint density at radius 2 is 1.56 bits per heavy atom. The lowest BCUT2D eigenvalue weighted by Crippen LogP contribution is -2.48. The van der Waals surface area contributed by atoms with Crippen molar-refractivity contribution in [1.29, 1.82) is 0 Å². The van der Waals surface area contributed by atoms with Crippen LogP contribution in [0.1, 0.15) is 115 Å². The molecule has 3 fully saturated rings. The molecule has 7 atom stereocenters. The van der Waals surface area contributed by atoms with E-state index in [4.69, 9.17) is 32.1 Å². The number of H-pyrrole nitrogens is 2. The van der Waals surface area contributed by atoms with Crippen molar-refractivity contribution in [3.63, 3.8) is 0 Å². The number of allylic oxidation sites excluding steroid dienone is 1. The van der Waals surface area contributed by atoms with Crippen LogP contribution in [-0.4, -0.2) is 89.5 Å². The Morgan fingerprint density at radius 3 is 2.18 bits per heavy atom. The maximum atomic E-state index is 13.6. The molecule has 78 heavy (non-hydrogen) atoms. The summed E-state index contributed by atoms with van der Waals surface area (Å²) in [5.74, 6) is -0.947. The summed E-state index contributed by atoms with van der Waals surface area (Å²) < 4.78 is 63.1. The molecule has 3 aliphatic rings. The number of nitrogens with one attached hydrogen (secondary N) is 3. The summed E-state index contributed by atoms with van der Waals surface area (Å²) >= 11 is 0. The van der Waals surface area contributed by atoms with Gasteiger partial charge in [0.05, 0.1) is 18.2 Å². The van der Waals surface area contributed by atoms with Gasteiger partial charge in [0.15, 0.2) is 0 Å². The van der Waals surface area contributed by atoms with Crippen molar-refractivity contribution >= 4 is 51.5 Å². The van der Waals surface area contributed by atoms with Gasteiger partial charge in [0.1, 0.15) is 34.3 Å². The van der Waals surface area contributed by atoms with E-state index < -0.39 is 44.8 Å². The minimum atomic E-state index is -4.67. The van der Waals surface area contributed by atoms with Crippen molar-refractivity contribution in [2.24, 2.45) is 29.6 Å². The van der Waals surface area contributed by atoms with E-state index in [1.54, 1.807) is 31.3 Å². The summed E-state index contributed by atoms with van der Waals surface area (Å²) in [6.07, 6.45) is 14.2. The van der Waals surface area contributed by atoms with Crippen LogP contribution >= 0.6 is 0 Å². The Kier molecular flexibility index (Phi) is 22.6. The number of hydrogen-bond acceptors (Lipinski definition) is 14. The number of cyclic esters (lactones) is 1.